The molecule has 1 amide bonds. The van der Waals surface area contributed by atoms with Gasteiger partial charge in [0.2, 0.25) is 5.91 Å². The summed E-state index contributed by atoms with van der Waals surface area (Å²) in [6, 6.07) is 4.27. The number of alkyl halides is 6. The van der Waals surface area contributed by atoms with Gasteiger partial charge in [-0.2, -0.15) is 26.3 Å². The van der Waals surface area contributed by atoms with Gasteiger partial charge in [0.15, 0.2) is 14.6 Å². The Kier molecular flexibility index (Phi) is 4.88. The fraction of sp³-hybridized carbons (Fsp3) is 0.294. The Hall–Kier alpha value is -2.63. The van der Waals surface area contributed by atoms with E-state index in [-0.39, 0.29) is 18.7 Å². The van der Waals surface area contributed by atoms with Crippen molar-refractivity contribution in [3.05, 3.63) is 53.7 Å². The fourth-order valence-electron chi connectivity index (χ4n) is 2.65. The second kappa shape index (κ2) is 6.71. The molecule has 1 heterocycles. The number of amides is 1. The molecule has 2 aromatic rings. The molecule has 1 N–H and O–H groups in total. The molecule has 0 atom stereocenters. The molecule has 1 aliphatic rings. The van der Waals surface area contributed by atoms with Crippen LogP contribution >= 0.6 is 0 Å². The van der Waals surface area contributed by atoms with E-state index in [1.807, 2.05) is 0 Å². The normalized spacial score (nSPS) is 16.3. The first kappa shape index (κ1) is 21.1. The number of nitrogens with zero attached hydrogens (tertiary/aromatic N) is 1. The molecule has 12 heteroatoms. The van der Waals surface area contributed by atoms with Crippen molar-refractivity contribution in [1.29, 1.82) is 0 Å². The second-order valence-electron chi connectivity index (χ2n) is 6.40. The van der Waals surface area contributed by atoms with Gasteiger partial charge in [-0.05, 0) is 49.2 Å². The maximum Gasteiger partial charge on any atom is 0.417 e. The van der Waals surface area contributed by atoms with E-state index in [1.54, 1.807) is 0 Å². The molecule has 0 spiro atoms. The van der Waals surface area contributed by atoms with Crippen molar-refractivity contribution in [3.63, 3.8) is 0 Å². The summed E-state index contributed by atoms with van der Waals surface area (Å²) in [5.41, 5.74) is -2.09. The van der Waals surface area contributed by atoms with Crippen LogP contribution < -0.4 is 5.32 Å². The van der Waals surface area contributed by atoms with Gasteiger partial charge in [-0.25, -0.2) is 13.4 Å². The van der Waals surface area contributed by atoms with Crippen LogP contribution in [0.4, 0.5) is 32.2 Å². The fourth-order valence-corrected chi connectivity index (χ4v) is 4.53. The number of aromatic nitrogens is 1. The van der Waals surface area contributed by atoms with Crippen molar-refractivity contribution in [2.75, 3.05) is 5.32 Å². The quantitative estimate of drug-likeness (QED) is 0.731. The average Bonchev–Trinajstić information content (AvgIpc) is 3.43. The van der Waals surface area contributed by atoms with Gasteiger partial charge in [0.05, 0.1) is 16.0 Å². The van der Waals surface area contributed by atoms with Crippen LogP contribution in [0.2, 0.25) is 0 Å². The summed E-state index contributed by atoms with van der Waals surface area (Å²) >= 11 is 0. The highest BCUT2D eigenvalue weighted by Gasteiger charge is 2.61. The number of pyridine rings is 1. The summed E-state index contributed by atoms with van der Waals surface area (Å²) in [5, 5.41) is 2.16. The van der Waals surface area contributed by atoms with Crippen LogP contribution in [0.15, 0.2) is 47.5 Å². The third-order valence-electron chi connectivity index (χ3n) is 4.46. The molecule has 29 heavy (non-hydrogen) atoms. The van der Waals surface area contributed by atoms with Crippen molar-refractivity contribution in [3.8, 4) is 0 Å². The molecule has 1 aromatic carbocycles. The third-order valence-corrected chi connectivity index (χ3v) is 6.97. The molecule has 0 radical (unpaired) electrons. The number of hydrogen-bond acceptors (Lipinski definition) is 4. The number of halogens is 6. The Morgan fingerprint density at radius 1 is 0.897 bits per heavy atom. The van der Waals surface area contributed by atoms with Crippen LogP contribution in [0.25, 0.3) is 0 Å². The molecule has 0 unspecified atom stereocenters. The van der Waals surface area contributed by atoms with Gasteiger partial charge in [-0.3, -0.25) is 4.79 Å². The van der Waals surface area contributed by atoms with Crippen molar-refractivity contribution >= 4 is 21.6 Å². The topological polar surface area (TPSA) is 76.1 Å². The minimum absolute atomic E-state index is 0.0805. The zero-order valence-electron chi connectivity index (χ0n) is 14.3. The van der Waals surface area contributed by atoms with E-state index in [1.165, 1.54) is 0 Å². The summed E-state index contributed by atoms with van der Waals surface area (Å²) in [6.45, 7) is 0. The largest absolute Gasteiger partial charge is 0.417 e. The molecule has 0 bridgehead atoms. The summed E-state index contributed by atoms with van der Waals surface area (Å²) < 4.78 is 99.2. The van der Waals surface area contributed by atoms with E-state index in [9.17, 15) is 39.6 Å². The Morgan fingerprint density at radius 3 is 1.83 bits per heavy atom. The number of hydrogen-bond donors (Lipinski definition) is 1. The van der Waals surface area contributed by atoms with Gasteiger partial charge in [-0.15, -0.1) is 0 Å². The van der Waals surface area contributed by atoms with Gasteiger partial charge in [0, 0.05) is 6.20 Å². The summed E-state index contributed by atoms with van der Waals surface area (Å²) in [5.74, 6) is -1.29. The van der Waals surface area contributed by atoms with E-state index < -0.39 is 48.9 Å². The molecule has 0 saturated heterocycles. The minimum Gasteiger partial charge on any atom is -0.309 e. The third kappa shape index (κ3) is 3.93. The zero-order chi connectivity index (χ0) is 21.7. The molecular weight excluding hydrogens is 426 g/mol. The van der Waals surface area contributed by atoms with E-state index in [0.717, 1.165) is 18.2 Å². The lowest BCUT2D eigenvalue weighted by Gasteiger charge is -2.17. The lowest BCUT2D eigenvalue weighted by atomic mass is 10.2. The first-order chi connectivity index (χ1) is 13.3. The van der Waals surface area contributed by atoms with Crippen LogP contribution in [-0.4, -0.2) is 24.1 Å². The van der Waals surface area contributed by atoms with E-state index in [2.05, 4.69) is 10.3 Å². The van der Waals surface area contributed by atoms with E-state index >= 15 is 0 Å². The molecule has 5 nitrogen and oxygen atoms in total. The minimum atomic E-state index is -4.65. The maximum absolute atomic E-state index is 12.8. The number of sulfone groups is 1. The first-order valence-corrected chi connectivity index (χ1v) is 9.52. The smallest absolute Gasteiger partial charge is 0.309 e. The Bertz CT molecular complexity index is 1020. The molecule has 1 aliphatic carbocycles. The van der Waals surface area contributed by atoms with Crippen LogP contribution in [0, 0.1) is 0 Å². The molecule has 0 aliphatic heterocycles. The molecular formula is C17H12F6N2O3S. The molecule has 1 aromatic heterocycles. The van der Waals surface area contributed by atoms with Crippen LogP contribution in [0.3, 0.4) is 0 Å². The SMILES string of the molecule is O=C(Nc1ccc(C(F)(F)F)cn1)C1(S(=O)(=O)c2ccc(C(F)(F)F)cc2)CC1. The average molecular weight is 438 g/mol. The number of anilines is 1. The highest BCUT2D eigenvalue weighted by molar-refractivity contribution is 7.94. The summed E-state index contributed by atoms with van der Waals surface area (Å²) in [6.07, 6.45) is -8.95. The predicted molar refractivity (Wildman–Crippen MR) is 88.5 cm³/mol. The maximum atomic E-state index is 12.8. The molecule has 1 fully saturated rings. The van der Waals surface area contributed by atoms with E-state index in [4.69, 9.17) is 0 Å². The first-order valence-electron chi connectivity index (χ1n) is 8.04. The Morgan fingerprint density at radius 2 is 1.41 bits per heavy atom. The highest BCUT2D eigenvalue weighted by Crippen LogP contribution is 2.48. The molecule has 156 valence electrons. The lowest BCUT2D eigenvalue weighted by molar-refractivity contribution is -0.138. The van der Waals surface area contributed by atoms with Crippen LogP contribution in [-0.2, 0) is 27.0 Å². The van der Waals surface area contributed by atoms with Crippen molar-refractivity contribution in [1.82, 2.24) is 4.98 Å². The molecule has 1 saturated carbocycles. The predicted octanol–water partition coefficient (Wildman–Crippen LogP) is 4.06. The van der Waals surface area contributed by atoms with Gasteiger partial charge in [-0.1, -0.05) is 0 Å². The lowest BCUT2D eigenvalue weighted by Crippen LogP contribution is -2.37. The van der Waals surface area contributed by atoms with Gasteiger partial charge in [0.25, 0.3) is 0 Å². The highest BCUT2D eigenvalue weighted by atomic mass is 32.2. The summed E-state index contributed by atoms with van der Waals surface area (Å²) in [7, 11) is -4.33. The number of carbonyl (C=O) groups excluding carboxylic acids is 1. The van der Waals surface area contributed by atoms with Crippen LogP contribution in [0.1, 0.15) is 24.0 Å². The van der Waals surface area contributed by atoms with Gasteiger partial charge >= 0.3 is 12.4 Å². The number of rotatable bonds is 4. The van der Waals surface area contributed by atoms with E-state index in [0.29, 0.717) is 24.4 Å². The number of benzene rings is 1. The summed E-state index contributed by atoms with van der Waals surface area (Å²) in [4.78, 5) is 15.5. The molecule has 3 rings (SSSR count). The number of carbonyl (C=O) groups is 1. The zero-order valence-corrected chi connectivity index (χ0v) is 15.1. The van der Waals surface area contributed by atoms with Gasteiger partial charge in [0.1, 0.15) is 5.82 Å². The number of nitrogens with one attached hydrogen (secondary N) is 1. The van der Waals surface area contributed by atoms with Crippen molar-refractivity contribution < 1.29 is 39.6 Å². The van der Waals surface area contributed by atoms with Crippen LogP contribution in [0.5, 0.6) is 0 Å². The monoisotopic (exact) mass is 438 g/mol. The standard InChI is InChI=1S/C17H12F6N2O3S/c18-16(19,20)10-1-4-12(5-2-10)29(27,28)15(7-8-15)14(26)25-13-6-3-11(9-24-13)17(21,22)23/h1-6,9H,7-8H2,(H,24,25,26). The van der Waals surface area contributed by atoms with Gasteiger partial charge < -0.3 is 5.32 Å². The van der Waals surface area contributed by atoms with Crippen molar-refractivity contribution in [2.45, 2.75) is 34.8 Å². The second-order valence-corrected chi connectivity index (χ2v) is 8.66. The Balaban J connectivity index is 1.82. The van der Waals surface area contributed by atoms with Crippen molar-refractivity contribution in [2.24, 2.45) is 0 Å². The Labute approximate surface area is 160 Å².